The van der Waals surface area contributed by atoms with Gasteiger partial charge in [-0.15, -0.1) is 0 Å². The molecule has 10 heteroatoms. The summed E-state index contributed by atoms with van der Waals surface area (Å²) in [6.45, 7) is 2.36. The van der Waals surface area contributed by atoms with E-state index >= 15 is 0 Å². The lowest BCUT2D eigenvalue weighted by atomic mass is 9.92. The number of hydrogen-bond donors (Lipinski definition) is 4. The Morgan fingerprint density at radius 2 is 1.85 bits per heavy atom. The van der Waals surface area contributed by atoms with Gasteiger partial charge in [0.2, 0.25) is 18.1 Å². The quantitative estimate of drug-likeness (QED) is 0.179. The zero-order chi connectivity index (χ0) is 29.2. The van der Waals surface area contributed by atoms with Crippen LogP contribution in [0, 0.1) is 0 Å². The lowest BCUT2D eigenvalue weighted by Crippen LogP contribution is -2.33. The molecule has 1 aliphatic rings. The second kappa shape index (κ2) is 14.5. The fourth-order valence-electron chi connectivity index (χ4n) is 4.85. The fourth-order valence-corrected chi connectivity index (χ4v) is 4.85. The highest BCUT2D eigenvalue weighted by Crippen LogP contribution is 2.36. The minimum Gasteiger partial charge on any atom is -0.459 e. The number of fused-ring (bicyclic) bond motifs is 1. The number of anilines is 2. The highest BCUT2D eigenvalue weighted by Gasteiger charge is 2.30. The lowest BCUT2D eigenvalue weighted by Gasteiger charge is -2.29. The number of unbranched alkanes of at least 4 members (excludes halogenated alkanes) is 2. The first-order chi connectivity index (χ1) is 19.9. The Morgan fingerprint density at radius 1 is 1.07 bits per heavy atom. The summed E-state index contributed by atoms with van der Waals surface area (Å²) < 4.78 is 13.5. The van der Waals surface area contributed by atoms with E-state index in [0.717, 1.165) is 16.5 Å². The summed E-state index contributed by atoms with van der Waals surface area (Å²) in [6.07, 6.45) is 6.20. The monoisotopic (exact) mass is 562 g/mol. The van der Waals surface area contributed by atoms with Crippen LogP contribution in [0.15, 0.2) is 66.6 Å². The fraction of sp³-hybridized carbons (Fsp3) is 0.387. The second-order valence-corrected chi connectivity index (χ2v) is 10.1. The van der Waals surface area contributed by atoms with Gasteiger partial charge in [-0.05, 0) is 55.5 Å². The van der Waals surface area contributed by atoms with Crippen molar-refractivity contribution in [2.45, 2.75) is 57.7 Å². The number of aromatic nitrogens is 1. The van der Waals surface area contributed by atoms with Gasteiger partial charge in [-0.2, -0.15) is 0 Å². The van der Waals surface area contributed by atoms with Crippen LogP contribution in [-0.4, -0.2) is 53.4 Å². The van der Waals surface area contributed by atoms with Crippen LogP contribution < -0.4 is 16.4 Å². The molecule has 2 heterocycles. The molecule has 1 aromatic heterocycles. The first-order valence-corrected chi connectivity index (χ1v) is 14.0. The maximum absolute atomic E-state index is 13.1. The number of carbonyl (C=O) groups is 3. The smallest absolute Gasteiger partial charge is 0.286 e. The highest BCUT2D eigenvalue weighted by atomic mass is 16.7. The van der Waals surface area contributed by atoms with Crippen LogP contribution in [0.2, 0.25) is 0 Å². The van der Waals surface area contributed by atoms with E-state index in [1.165, 1.54) is 6.92 Å². The van der Waals surface area contributed by atoms with Gasteiger partial charge in [0.15, 0.2) is 5.76 Å². The standard InChI is InChI=1S/C31H38N4O6/c1-21(37)35-20-24(23-10-2-5-13-27(23)35)22-18-28(41-30(19-22)40-17-9-8-16-36)31(39)33-15-7-6-14-29(38)34-26-12-4-3-11-25(26)32/h2-5,10-13,18,20,22,30,36H,6-9,14-17,19,32H2,1H3,(H,33,39)(H,34,38). The third-order valence-corrected chi connectivity index (χ3v) is 6.97. The number of benzene rings is 2. The number of nitrogens with one attached hydrogen (secondary N) is 2. The molecule has 0 fully saturated rings. The number of aliphatic hydroxyl groups excluding tert-OH is 1. The predicted octanol–water partition coefficient (Wildman–Crippen LogP) is 4.31. The SMILES string of the molecule is CC(=O)n1cc(C2C=C(C(=O)NCCCCC(=O)Nc3ccccc3N)OC(OCCCCO)C2)c2ccccc21. The number of rotatable bonds is 13. The summed E-state index contributed by atoms with van der Waals surface area (Å²) in [4.78, 5) is 37.6. The minimum absolute atomic E-state index is 0.0809. The van der Waals surface area contributed by atoms with E-state index in [9.17, 15) is 14.4 Å². The Balaban J connectivity index is 1.38. The van der Waals surface area contributed by atoms with Crippen molar-refractivity contribution in [3.8, 4) is 0 Å². The van der Waals surface area contributed by atoms with E-state index in [1.54, 1.807) is 34.9 Å². The van der Waals surface area contributed by atoms with Gasteiger partial charge in [0, 0.05) is 50.4 Å². The van der Waals surface area contributed by atoms with Gasteiger partial charge < -0.3 is 30.9 Å². The van der Waals surface area contributed by atoms with Crippen molar-refractivity contribution in [1.29, 1.82) is 0 Å². The number of aliphatic hydroxyl groups is 1. The summed E-state index contributed by atoms with van der Waals surface area (Å²) in [7, 11) is 0. The number of allylic oxidation sites excluding steroid dienone is 1. The molecule has 2 amide bonds. The highest BCUT2D eigenvalue weighted by molar-refractivity contribution is 5.95. The Hall–Kier alpha value is -4.15. The molecule has 0 saturated heterocycles. The predicted molar refractivity (Wildman–Crippen MR) is 157 cm³/mol. The number of carbonyl (C=O) groups excluding carboxylic acids is 3. The molecule has 0 aliphatic carbocycles. The van der Waals surface area contributed by atoms with Gasteiger partial charge in [-0.25, -0.2) is 0 Å². The Kier molecular flexibility index (Phi) is 10.5. The summed E-state index contributed by atoms with van der Waals surface area (Å²) in [5.41, 5.74) is 8.69. The molecule has 2 atom stereocenters. The Bertz CT molecular complexity index is 1400. The average Bonchev–Trinajstić information content (AvgIpc) is 3.36. The number of amides is 2. The average molecular weight is 563 g/mol. The molecule has 0 saturated carbocycles. The number of nitrogen functional groups attached to an aromatic ring is 1. The zero-order valence-corrected chi connectivity index (χ0v) is 23.3. The van der Waals surface area contributed by atoms with Crippen LogP contribution in [0.1, 0.15) is 61.7 Å². The molecule has 3 aromatic rings. The number of para-hydroxylation sites is 3. The van der Waals surface area contributed by atoms with Gasteiger partial charge in [0.05, 0.1) is 23.5 Å². The van der Waals surface area contributed by atoms with Gasteiger partial charge in [0.1, 0.15) is 0 Å². The molecule has 2 unspecified atom stereocenters. The molecule has 5 N–H and O–H groups in total. The minimum atomic E-state index is -0.655. The molecule has 4 rings (SSSR count). The molecule has 1 aliphatic heterocycles. The van der Waals surface area contributed by atoms with Gasteiger partial charge in [0.25, 0.3) is 5.91 Å². The maximum Gasteiger partial charge on any atom is 0.286 e. The number of nitrogens with two attached hydrogens (primary N) is 1. The van der Waals surface area contributed by atoms with Crippen molar-refractivity contribution in [3.05, 3.63) is 72.1 Å². The summed E-state index contributed by atoms with van der Waals surface area (Å²) in [5, 5.41) is 15.7. The molecule has 10 nitrogen and oxygen atoms in total. The van der Waals surface area contributed by atoms with Crippen LogP contribution in [0.3, 0.4) is 0 Å². The topological polar surface area (TPSA) is 145 Å². The molecule has 218 valence electrons. The van der Waals surface area contributed by atoms with Crippen LogP contribution in [-0.2, 0) is 19.1 Å². The summed E-state index contributed by atoms with van der Waals surface area (Å²) in [6, 6.07) is 14.8. The Labute approximate surface area is 239 Å². The van der Waals surface area contributed by atoms with Gasteiger partial charge >= 0.3 is 0 Å². The largest absolute Gasteiger partial charge is 0.459 e. The van der Waals surface area contributed by atoms with E-state index in [4.69, 9.17) is 20.3 Å². The van der Waals surface area contributed by atoms with Crippen molar-refractivity contribution in [3.63, 3.8) is 0 Å². The van der Waals surface area contributed by atoms with Crippen LogP contribution in [0.5, 0.6) is 0 Å². The Morgan fingerprint density at radius 3 is 2.63 bits per heavy atom. The first kappa shape index (κ1) is 29.8. The van der Waals surface area contributed by atoms with Crippen LogP contribution in [0.25, 0.3) is 10.9 Å². The second-order valence-electron chi connectivity index (χ2n) is 10.1. The summed E-state index contributed by atoms with van der Waals surface area (Å²) in [5.74, 6) is -0.659. The maximum atomic E-state index is 13.1. The van der Waals surface area contributed by atoms with Crippen molar-refractivity contribution >= 4 is 40.0 Å². The van der Waals surface area contributed by atoms with Crippen LogP contribution in [0.4, 0.5) is 11.4 Å². The van der Waals surface area contributed by atoms with Crippen molar-refractivity contribution in [2.75, 3.05) is 30.8 Å². The van der Waals surface area contributed by atoms with Gasteiger partial charge in [-0.3, -0.25) is 19.0 Å². The van der Waals surface area contributed by atoms with E-state index in [1.807, 2.05) is 30.5 Å². The third kappa shape index (κ3) is 7.96. The first-order valence-electron chi connectivity index (χ1n) is 14.0. The number of hydrogen-bond acceptors (Lipinski definition) is 7. The third-order valence-electron chi connectivity index (χ3n) is 6.97. The van der Waals surface area contributed by atoms with Crippen molar-refractivity contribution < 1.29 is 29.0 Å². The van der Waals surface area contributed by atoms with E-state index in [0.29, 0.717) is 63.1 Å². The molecular formula is C31H38N4O6. The number of nitrogens with zero attached hydrogens (tertiary/aromatic N) is 1. The van der Waals surface area contributed by atoms with Crippen molar-refractivity contribution in [2.24, 2.45) is 0 Å². The molecule has 2 aromatic carbocycles. The summed E-state index contributed by atoms with van der Waals surface area (Å²) >= 11 is 0. The molecule has 0 bridgehead atoms. The van der Waals surface area contributed by atoms with E-state index in [2.05, 4.69) is 10.6 Å². The normalized spacial score (nSPS) is 16.6. The lowest BCUT2D eigenvalue weighted by molar-refractivity contribution is -0.146. The van der Waals surface area contributed by atoms with Crippen molar-refractivity contribution in [1.82, 2.24) is 9.88 Å². The zero-order valence-electron chi connectivity index (χ0n) is 23.3. The van der Waals surface area contributed by atoms with Gasteiger partial charge in [-0.1, -0.05) is 30.3 Å². The molecule has 0 spiro atoms. The van der Waals surface area contributed by atoms with Crippen LogP contribution >= 0.6 is 0 Å². The van der Waals surface area contributed by atoms with E-state index < -0.39 is 6.29 Å². The van der Waals surface area contributed by atoms with E-state index in [-0.39, 0.29) is 36.0 Å². The molecule has 41 heavy (non-hydrogen) atoms. The number of ether oxygens (including phenoxy) is 2. The molecule has 0 radical (unpaired) electrons. The molecular weight excluding hydrogens is 524 g/mol.